The maximum atomic E-state index is 4.81. The second kappa shape index (κ2) is 27.2. The summed E-state index contributed by atoms with van der Waals surface area (Å²) in [6, 6.07) is 0. The van der Waals surface area contributed by atoms with Crippen LogP contribution in [0.25, 0.3) is 0 Å². The second-order valence-corrected chi connectivity index (χ2v) is 8.53. The minimum atomic E-state index is 0. The van der Waals surface area contributed by atoms with Gasteiger partial charge in [-0.2, -0.15) is 0 Å². The molecule has 0 spiro atoms. The number of hydrogen-bond acceptors (Lipinski definition) is 4. The Hall–Kier alpha value is 2.22. The molecule has 0 aliphatic heterocycles. The molecule has 0 saturated heterocycles. The zero-order chi connectivity index (χ0) is 17.9. The minimum Gasteiger partial charge on any atom is -0.412 e. The van der Waals surface area contributed by atoms with Crippen molar-refractivity contribution in [3.63, 3.8) is 0 Å². The molecule has 0 rings (SSSR count). The Morgan fingerprint density at radius 2 is 0.654 bits per heavy atom. The van der Waals surface area contributed by atoms with Crippen molar-refractivity contribution in [3.05, 3.63) is 0 Å². The van der Waals surface area contributed by atoms with Gasteiger partial charge in [0, 0.05) is 13.1 Å². The van der Waals surface area contributed by atoms with Gasteiger partial charge in [0.25, 0.3) is 0 Å². The predicted molar refractivity (Wildman–Crippen MR) is 121 cm³/mol. The van der Waals surface area contributed by atoms with Gasteiger partial charge < -0.3 is 60.3 Å². The van der Waals surface area contributed by atoms with Crippen molar-refractivity contribution in [1.82, 2.24) is 10.6 Å². The molecule has 8 heteroatoms. The van der Waals surface area contributed by atoms with Gasteiger partial charge in [-0.3, -0.25) is 0 Å². The van der Waals surface area contributed by atoms with Crippen molar-refractivity contribution in [2.75, 3.05) is 13.1 Å². The molecule has 0 aromatic carbocycles. The maximum Gasteiger partial charge on any atom is 1.00 e. The topological polar surface area (TPSA) is 24.1 Å². The van der Waals surface area contributed by atoms with Gasteiger partial charge in [0.1, 0.15) is 0 Å². The number of rotatable bonds is 17. The van der Waals surface area contributed by atoms with E-state index < -0.39 is 0 Å². The van der Waals surface area contributed by atoms with Gasteiger partial charge in [-0.1, -0.05) is 85.7 Å². The Morgan fingerprint density at radius 3 is 0.846 bits per heavy atom. The molecule has 26 heavy (non-hydrogen) atoms. The standard InChI is InChI=1S/C18H36N2S4.2Na/c21-17(22)19-15-13-11-9-7-5-3-1-2-4-6-8-10-12-14-16-20-18(23)24;;/h1-16H2,(H2,19,21,22)(H2,20,23,24);;/q;2*+1/p-2. The Bertz CT molecular complexity index is 292. The van der Waals surface area contributed by atoms with Crippen LogP contribution in [-0.2, 0) is 25.3 Å². The van der Waals surface area contributed by atoms with Gasteiger partial charge in [0.15, 0.2) is 0 Å². The second-order valence-electron chi connectivity index (χ2n) is 6.38. The predicted octanol–water partition coefficient (Wildman–Crippen LogP) is -0.701. The first-order valence-electron chi connectivity index (χ1n) is 9.52. The third-order valence-electron chi connectivity index (χ3n) is 4.14. The normalized spacial score (nSPS) is 9.69. The summed E-state index contributed by atoms with van der Waals surface area (Å²) < 4.78 is 1.01. The number of hydrogen-bond donors (Lipinski definition) is 2. The largest absolute Gasteiger partial charge is 1.00 e. The van der Waals surface area contributed by atoms with Gasteiger partial charge in [-0.15, -0.1) is 0 Å². The van der Waals surface area contributed by atoms with E-state index in [0.29, 0.717) is 8.64 Å². The monoisotopic (exact) mass is 452 g/mol. The summed E-state index contributed by atoms with van der Waals surface area (Å²) in [6.45, 7) is 1.89. The van der Waals surface area contributed by atoms with E-state index >= 15 is 0 Å². The molecule has 0 radical (unpaired) electrons. The fraction of sp³-hybridized carbons (Fsp3) is 0.889. The van der Waals surface area contributed by atoms with Crippen molar-refractivity contribution in [3.8, 4) is 0 Å². The Labute approximate surface area is 228 Å². The summed E-state index contributed by atoms with van der Waals surface area (Å²) in [5, 5.41) is 6.07. The van der Waals surface area contributed by atoms with E-state index in [0.717, 1.165) is 13.1 Å². The van der Waals surface area contributed by atoms with Gasteiger partial charge in [-0.05, 0) is 12.8 Å². The van der Waals surface area contributed by atoms with Crippen LogP contribution in [-0.4, -0.2) is 21.7 Å². The molecule has 142 valence electrons. The van der Waals surface area contributed by atoms with Gasteiger partial charge >= 0.3 is 59.1 Å². The molecular formula is C18H34N2Na2S4. The van der Waals surface area contributed by atoms with E-state index in [9.17, 15) is 0 Å². The molecule has 0 heterocycles. The molecule has 2 nitrogen and oxygen atoms in total. The quantitative estimate of drug-likeness (QED) is 0.131. The van der Waals surface area contributed by atoms with Crippen LogP contribution >= 0.6 is 24.4 Å². The summed E-state index contributed by atoms with van der Waals surface area (Å²) in [5.74, 6) is 0. The molecular weight excluding hydrogens is 418 g/mol. The zero-order valence-electron chi connectivity index (χ0n) is 16.9. The Balaban J connectivity index is -0.00000264. The van der Waals surface area contributed by atoms with E-state index in [4.69, 9.17) is 49.7 Å². The van der Waals surface area contributed by atoms with Crippen LogP contribution in [0.15, 0.2) is 0 Å². The van der Waals surface area contributed by atoms with E-state index in [-0.39, 0.29) is 59.1 Å². The molecule has 0 bridgehead atoms. The van der Waals surface area contributed by atoms with Crippen LogP contribution in [0.2, 0.25) is 0 Å². The molecule has 0 fully saturated rings. The molecule has 0 aromatic heterocycles. The van der Waals surface area contributed by atoms with E-state index in [2.05, 4.69) is 10.6 Å². The Morgan fingerprint density at radius 1 is 0.462 bits per heavy atom. The molecule has 0 saturated carbocycles. The van der Waals surface area contributed by atoms with E-state index in [1.165, 1.54) is 89.9 Å². The summed E-state index contributed by atoms with van der Waals surface area (Å²) in [5.41, 5.74) is 0. The van der Waals surface area contributed by atoms with Crippen LogP contribution in [0.1, 0.15) is 89.9 Å². The smallest absolute Gasteiger partial charge is 0.412 e. The Kier molecular flexibility index (Phi) is 34.4. The van der Waals surface area contributed by atoms with E-state index in [1.54, 1.807) is 0 Å². The van der Waals surface area contributed by atoms with Gasteiger partial charge in [0.2, 0.25) is 0 Å². The summed E-state index contributed by atoms with van der Waals surface area (Å²) in [6.07, 6.45) is 18.8. The first-order chi connectivity index (χ1) is 11.6. The van der Waals surface area contributed by atoms with Crippen LogP contribution in [0.3, 0.4) is 0 Å². The van der Waals surface area contributed by atoms with Crippen molar-refractivity contribution in [1.29, 1.82) is 0 Å². The summed E-state index contributed by atoms with van der Waals surface area (Å²) in [4.78, 5) is 0. The van der Waals surface area contributed by atoms with E-state index in [1.807, 2.05) is 0 Å². The third-order valence-corrected chi connectivity index (χ3v) is 4.72. The number of thiocarbonyl (C=S) groups is 2. The van der Waals surface area contributed by atoms with Crippen LogP contribution in [0, 0.1) is 0 Å². The van der Waals surface area contributed by atoms with Crippen molar-refractivity contribution in [2.24, 2.45) is 0 Å². The zero-order valence-corrected chi connectivity index (χ0v) is 24.2. The molecule has 0 atom stereocenters. The molecule has 0 amide bonds. The maximum absolute atomic E-state index is 4.81. The molecule has 0 aliphatic rings. The fourth-order valence-electron chi connectivity index (χ4n) is 2.75. The van der Waals surface area contributed by atoms with Crippen LogP contribution in [0.4, 0.5) is 0 Å². The molecule has 0 aliphatic carbocycles. The summed E-state index contributed by atoms with van der Waals surface area (Å²) >= 11 is 19.2. The average molecular weight is 453 g/mol. The minimum absolute atomic E-state index is 0. The average Bonchev–Trinajstić information content (AvgIpc) is 2.53. The van der Waals surface area contributed by atoms with Gasteiger partial charge in [0.05, 0.1) is 0 Å². The van der Waals surface area contributed by atoms with Crippen molar-refractivity contribution < 1.29 is 59.1 Å². The number of nitrogens with one attached hydrogen (secondary N) is 2. The SMILES string of the molecule is S=C([S-])NCCCCCCCCCCCCCCCCNC(=S)[S-].[Na+].[Na+]. The third kappa shape index (κ3) is 30.9. The van der Waals surface area contributed by atoms with Crippen molar-refractivity contribution >= 4 is 58.3 Å². The van der Waals surface area contributed by atoms with Crippen LogP contribution < -0.4 is 69.7 Å². The van der Waals surface area contributed by atoms with Gasteiger partial charge in [-0.25, -0.2) is 0 Å². The molecule has 0 aromatic rings. The molecule has 0 unspecified atom stereocenters. The first-order valence-corrected chi connectivity index (χ1v) is 11.2. The number of unbranched alkanes of at least 4 members (excludes halogenated alkanes) is 13. The van der Waals surface area contributed by atoms with Crippen molar-refractivity contribution in [2.45, 2.75) is 89.9 Å². The summed E-state index contributed by atoms with van der Waals surface area (Å²) in [7, 11) is 0. The first kappa shape index (κ1) is 32.9. The molecule has 2 N–H and O–H groups in total. The fourth-order valence-corrected chi connectivity index (χ4v) is 3.16. The van der Waals surface area contributed by atoms with Crippen LogP contribution in [0.5, 0.6) is 0 Å².